The molecule has 0 amide bonds. The zero-order valence-corrected chi connectivity index (χ0v) is 7.34. The number of allylic oxidation sites excluding steroid dienone is 1. The number of hydrogen-bond donors (Lipinski definition) is 1. The molecule has 66 valence electrons. The van der Waals surface area contributed by atoms with Crippen LogP contribution in [0.4, 0.5) is 0 Å². The highest BCUT2D eigenvalue weighted by molar-refractivity contribution is 5.19. The topological polar surface area (TPSA) is 18.5 Å². The van der Waals surface area contributed by atoms with Crippen LogP contribution in [0, 0.1) is 0 Å². The second-order valence-electron chi connectivity index (χ2n) is 3.80. The second-order valence-corrected chi connectivity index (χ2v) is 3.80. The van der Waals surface area contributed by atoms with Crippen molar-refractivity contribution in [1.82, 2.24) is 15.1 Å². The number of nitrogens with zero attached hydrogens (tertiary/aromatic N) is 2. The summed E-state index contributed by atoms with van der Waals surface area (Å²) >= 11 is 0. The maximum absolute atomic E-state index is 3.49. The highest BCUT2D eigenvalue weighted by atomic mass is 15.4. The van der Waals surface area contributed by atoms with Gasteiger partial charge in [0.05, 0.1) is 5.70 Å². The molecule has 3 aliphatic rings. The van der Waals surface area contributed by atoms with Gasteiger partial charge >= 0.3 is 0 Å². The Kier molecular flexibility index (Phi) is 1.28. The van der Waals surface area contributed by atoms with Crippen LogP contribution in [0.15, 0.2) is 11.5 Å². The van der Waals surface area contributed by atoms with E-state index in [4.69, 9.17) is 0 Å². The molecule has 0 atom stereocenters. The highest BCUT2D eigenvalue weighted by Gasteiger charge is 2.30. The fraction of sp³-hybridized carbons (Fsp3) is 0.778. The van der Waals surface area contributed by atoms with Crippen LogP contribution in [-0.4, -0.2) is 42.5 Å². The Balaban J connectivity index is 2.00. The summed E-state index contributed by atoms with van der Waals surface area (Å²) < 4.78 is 0. The van der Waals surface area contributed by atoms with Crippen LogP contribution in [-0.2, 0) is 0 Å². The van der Waals surface area contributed by atoms with E-state index in [0.717, 1.165) is 6.54 Å². The van der Waals surface area contributed by atoms with Crippen LogP contribution in [0.3, 0.4) is 0 Å². The molecule has 1 N–H and O–H groups in total. The lowest BCUT2D eigenvalue weighted by Crippen LogP contribution is -2.38. The first-order valence-electron chi connectivity index (χ1n) is 4.92. The van der Waals surface area contributed by atoms with Crippen molar-refractivity contribution < 1.29 is 0 Å². The van der Waals surface area contributed by atoms with Gasteiger partial charge in [0.25, 0.3) is 0 Å². The summed E-state index contributed by atoms with van der Waals surface area (Å²) in [6, 6.07) is 0. The molecule has 0 aromatic heterocycles. The third kappa shape index (κ3) is 0.765. The van der Waals surface area contributed by atoms with Gasteiger partial charge in [-0.1, -0.05) is 0 Å². The Bertz CT molecular complexity index is 210. The summed E-state index contributed by atoms with van der Waals surface area (Å²) in [5, 5.41) is 3.49. The zero-order chi connectivity index (χ0) is 7.97. The minimum atomic E-state index is 1.15. The van der Waals surface area contributed by atoms with Gasteiger partial charge in [-0.3, -0.25) is 0 Å². The van der Waals surface area contributed by atoms with Gasteiger partial charge in [-0.15, -0.1) is 0 Å². The molecule has 12 heavy (non-hydrogen) atoms. The van der Waals surface area contributed by atoms with E-state index in [1.54, 1.807) is 5.70 Å². The largest absolute Gasteiger partial charge is 0.370 e. The van der Waals surface area contributed by atoms with Gasteiger partial charge in [0.1, 0.15) is 5.82 Å². The molecule has 0 unspecified atom stereocenters. The monoisotopic (exact) mass is 165 g/mol. The van der Waals surface area contributed by atoms with Crippen molar-refractivity contribution in [3.63, 3.8) is 0 Å². The summed E-state index contributed by atoms with van der Waals surface area (Å²) in [5.41, 5.74) is 1.58. The summed E-state index contributed by atoms with van der Waals surface area (Å²) in [6.45, 7) is 6.13. The smallest absolute Gasteiger partial charge is 0.121 e. The van der Waals surface area contributed by atoms with Crippen molar-refractivity contribution in [3.05, 3.63) is 11.5 Å². The summed E-state index contributed by atoms with van der Waals surface area (Å²) in [5.74, 6) is 1.44. The van der Waals surface area contributed by atoms with Crippen LogP contribution in [0.25, 0.3) is 0 Å². The third-order valence-electron chi connectivity index (χ3n) is 3.13. The Morgan fingerprint density at radius 3 is 2.92 bits per heavy atom. The molecule has 0 spiro atoms. The number of rotatable bonds is 0. The molecule has 3 rings (SSSR count). The van der Waals surface area contributed by atoms with Crippen LogP contribution in [0.2, 0.25) is 0 Å². The Morgan fingerprint density at radius 2 is 1.92 bits per heavy atom. The summed E-state index contributed by atoms with van der Waals surface area (Å²) in [7, 11) is 0. The SMILES string of the molecule is C1CC2=C3NCCN3CCN2C1. The van der Waals surface area contributed by atoms with E-state index in [2.05, 4.69) is 15.1 Å². The van der Waals surface area contributed by atoms with Crippen molar-refractivity contribution in [2.75, 3.05) is 32.7 Å². The maximum Gasteiger partial charge on any atom is 0.121 e. The van der Waals surface area contributed by atoms with Crippen LogP contribution in [0.5, 0.6) is 0 Å². The van der Waals surface area contributed by atoms with Gasteiger partial charge in [0.15, 0.2) is 0 Å². The second kappa shape index (κ2) is 2.31. The van der Waals surface area contributed by atoms with Gasteiger partial charge in [-0.25, -0.2) is 0 Å². The van der Waals surface area contributed by atoms with Crippen molar-refractivity contribution in [1.29, 1.82) is 0 Å². The lowest BCUT2D eigenvalue weighted by molar-refractivity contribution is 0.262. The molecule has 0 aromatic rings. The fourth-order valence-electron chi connectivity index (χ4n) is 2.53. The Morgan fingerprint density at radius 1 is 1.00 bits per heavy atom. The van der Waals surface area contributed by atoms with Crippen LogP contribution >= 0.6 is 0 Å². The minimum Gasteiger partial charge on any atom is -0.370 e. The highest BCUT2D eigenvalue weighted by Crippen LogP contribution is 2.29. The lowest BCUT2D eigenvalue weighted by atomic mass is 10.2. The number of nitrogens with one attached hydrogen (secondary N) is 1. The third-order valence-corrected chi connectivity index (χ3v) is 3.13. The van der Waals surface area contributed by atoms with Crippen molar-refractivity contribution >= 4 is 0 Å². The molecular formula is C9H15N3. The average Bonchev–Trinajstić information content (AvgIpc) is 2.71. The van der Waals surface area contributed by atoms with Crippen molar-refractivity contribution in [3.8, 4) is 0 Å². The molecule has 3 aliphatic heterocycles. The minimum absolute atomic E-state index is 1.15. The van der Waals surface area contributed by atoms with Gasteiger partial charge in [0, 0.05) is 32.7 Å². The Labute approximate surface area is 73.0 Å². The molecule has 0 bridgehead atoms. The molecule has 3 heteroatoms. The molecule has 0 radical (unpaired) electrons. The van der Waals surface area contributed by atoms with E-state index in [-0.39, 0.29) is 0 Å². The van der Waals surface area contributed by atoms with E-state index in [1.807, 2.05) is 0 Å². The molecule has 2 fully saturated rings. The first kappa shape index (κ1) is 6.63. The van der Waals surface area contributed by atoms with Gasteiger partial charge < -0.3 is 15.1 Å². The fourth-order valence-corrected chi connectivity index (χ4v) is 2.53. The van der Waals surface area contributed by atoms with E-state index >= 15 is 0 Å². The molecule has 0 saturated carbocycles. The molecule has 3 nitrogen and oxygen atoms in total. The van der Waals surface area contributed by atoms with Crippen molar-refractivity contribution in [2.45, 2.75) is 12.8 Å². The number of fused-ring (bicyclic) bond motifs is 2. The van der Waals surface area contributed by atoms with Crippen LogP contribution in [0.1, 0.15) is 12.8 Å². The normalized spacial score (nSPS) is 27.3. The van der Waals surface area contributed by atoms with Gasteiger partial charge in [-0.2, -0.15) is 0 Å². The predicted molar refractivity (Wildman–Crippen MR) is 47.4 cm³/mol. The standard InChI is InChI=1S/C9H15N3/c1-2-8-9-10-3-5-12(9)7-6-11(8)4-1/h10H,1-7H2. The first-order valence-corrected chi connectivity index (χ1v) is 4.92. The maximum atomic E-state index is 3.49. The number of hydrogen-bond acceptors (Lipinski definition) is 3. The first-order chi connectivity index (χ1) is 5.95. The van der Waals surface area contributed by atoms with Gasteiger partial charge in [0.2, 0.25) is 0 Å². The molecule has 2 saturated heterocycles. The molecule has 0 aromatic carbocycles. The van der Waals surface area contributed by atoms with Crippen molar-refractivity contribution in [2.24, 2.45) is 0 Å². The molecule has 3 heterocycles. The summed E-state index contributed by atoms with van der Waals surface area (Å²) in [6.07, 6.45) is 2.65. The Hall–Kier alpha value is -0.860. The molecular weight excluding hydrogens is 150 g/mol. The van der Waals surface area contributed by atoms with E-state index < -0.39 is 0 Å². The molecule has 0 aliphatic carbocycles. The summed E-state index contributed by atoms with van der Waals surface area (Å²) in [4.78, 5) is 5.04. The quantitative estimate of drug-likeness (QED) is 0.552. The predicted octanol–water partition coefficient (Wildman–Crippen LogP) is 0.170. The van der Waals surface area contributed by atoms with E-state index in [0.29, 0.717) is 0 Å². The average molecular weight is 165 g/mol. The zero-order valence-electron chi connectivity index (χ0n) is 7.34. The van der Waals surface area contributed by atoms with E-state index in [1.165, 1.54) is 44.8 Å². The lowest BCUT2D eigenvalue weighted by Gasteiger charge is -2.33. The van der Waals surface area contributed by atoms with Gasteiger partial charge in [-0.05, 0) is 12.8 Å². The van der Waals surface area contributed by atoms with E-state index in [9.17, 15) is 0 Å². The van der Waals surface area contributed by atoms with Crippen LogP contribution < -0.4 is 5.32 Å².